The average molecular weight is 508 g/mol. The van der Waals surface area contributed by atoms with Crippen molar-refractivity contribution in [1.29, 1.82) is 0 Å². The molecule has 0 heterocycles. The Morgan fingerprint density at radius 2 is 0.647 bits per heavy atom. The first-order valence-corrected chi connectivity index (χ1v) is 16.0. The Hall–Kier alpha value is -0.170. The molecule has 0 amide bonds. The Morgan fingerprint density at radius 3 is 0.882 bits per heavy atom. The van der Waals surface area contributed by atoms with Gasteiger partial charge in [0, 0.05) is 0 Å². The van der Waals surface area contributed by atoms with Crippen molar-refractivity contribution in [3.05, 3.63) is 0 Å². The molecule has 34 heavy (non-hydrogen) atoms. The third-order valence-electron chi connectivity index (χ3n) is 5.95. The minimum absolute atomic E-state index is 0.247. The molecule has 0 fully saturated rings. The largest absolute Gasteiger partial charge is 0.399 e. The van der Waals surface area contributed by atoms with E-state index in [-0.39, 0.29) is 13.2 Å². The third-order valence-corrected chi connectivity index (χ3v) is 6.86. The van der Waals surface area contributed by atoms with E-state index in [4.69, 9.17) is 8.37 Å². The lowest BCUT2D eigenvalue weighted by Gasteiger charge is -2.06. The van der Waals surface area contributed by atoms with Gasteiger partial charge in [0.25, 0.3) is 0 Å². The molecule has 0 aromatic carbocycles. The molecule has 0 spiro atoms. The van der Waals surface area contributed by atoms with E-state index in [1.807, 2.05) is 14.1 Å². The molecule has 0 aliphatic heterocycles. The van der Waals surface area contributed by atoms with Crippen LogP contribution in [0.2, 0.25) is 0 Å². The van der Waals surface area contributed by atoms with Crippen molar-refractivity contribution < 1.29 is 16.8 Å². The summed E-state index contributed by atoms with van der Waals surface area (Å²) in [7, 11) is -0.0564. The van der Waals surface area contributed by atoms with Gasteiger partial charge in [-0.15, -0.1) is 0 Å². The van der Waals surface area contributed by atoms with Gasteiger partial charge in [-0.1, -0.05) is 142 Å². The van der Waals surface area contributed by atoms with E-state index in [0.29, 0.717) is 0 Å². The fourth-order valence-corrected chi connectivity index (χ4v) is 4.60. The van der Waals surface area contributed by atoms with Crippen LogP contribution in [0.25, 0.3) is 0 Å². The fourth-order valence-electron chi connectivity index (χ4n) is 3.89. The summed E-state index contributed by atoms with van der Waals surface area (Å²) >= 11 is 0. The van der Waals surface area contributed by atoms with Crippen LogP contribution in [-0.2, 0) is 18.8 Å². The van der Waals surface area contributed by atoms with Crippen LogP contribution in [0.1, 0.15) is 155 Å². The molecule has 0 rings (SSSR count). The third kappa shape index (κ3) is 34.0. The molecule has 1 N–H and O–H groups in total. The number of hydrogen-bond donors (Lipinski definition) is 1. The van der Waals surface area contributed by atoms with Crippen LogP contribution >= 0.6 is 0 Å². The van der Waals surface area contributed by atoms with Gasteiger partial charge in [0.05, 0.1) is 13.2 Å². The van der Waals surface area contributed by atoms with Gasteiger partial charge >= 0.3 is 10.4 Å². The van der Waals surface area contributed by atoms with Crippen molar-refractivity contribution in [1.82, 2.24) is 5.32 Å². The molecule has 208 valence electrons. The summed E-state index contributed by atoms with van der Waals surface area (Å²) in [4.78, 5) is 0. The molecule has 5 nitrogen and oxygen atoms in total. The highest BCUT2D eigenvalue weighted by Gasteiger charge is 2.11. The molecule has 0 unspecified atom stereocenters. The van der Waals surface area contributed by atoms with Crippen LogP contribution in [-0.4, -0.2) is 35.7 Å². The lowest BCUT2D eigenvalue weighted by molar-refractivity contribution is 0.208. The predicted octanol–water partition coefficient (Wildman–Crippen LogP) is 8.72. The van der Waals surface area contributed by atoms with Crippen molar-refractivity contribution in [3.63, 3.8) is 0 Å². The highest BCUT2D eigenvalue weighted by atomic mass is 32.3. The van der Waals surface area contributed by atoms with E-state index in [1.165, 1.54) is 109 Å². The first-order chi connectivity index (χ1) is 16.5. The van der Waals surface area contributed by atoms with Gasteiger partial charge in [0.1, 0.15) is 0 Å². The fraction of sp³-hybridized carbons (Fsp3) is 1.00. The highest BCUT2D eigenvalue weighted by molar-refractivity contribution is 7.81. The summed E-state index contributed by atoms with van der Waals surface area (Å²) in [6.45, 7) is 4.99. The zero-order chi connectivity index (χ0) is 25.6. The van der Waals surface area contributed by atoms with Crippen LogP contribution in [0.3, 0.4) is 0 Å². The normalized spacial score (nSPS) is 11.4. The summed E-state index contributed by atoms with van der Waals surface area (Å²) in [5.41, 5.74) is 0. The number of hydrogen-bond acceptors (Lipinski definition) is 5. The summed E-state index contributed by atoms with van der Waals surface area (Å²) in [5, 5.41) is 2.75. The monoisotopic (exact) mass is 507 g/mol. The number of rotatable bonds is 26. The zero-order valence-electron chi connectivity index (χ0n) is 23.5. The molecule has 0 saturated carbocycles. The molecule has 0 saturated heterocycles. The maximum Gasteiger partial charge on any atom is 0.399 e. The van der Waals surface area contributed by atoms with Crippen LogP contribution in [0, 0.1) is 0 Å². The summed E-state index contributed by atoms with van der Waals surface area (Å²) in [6.07, 6.45) is 27.3. The van der Waals surface area contributed by atoms with Crippen LogP contribution in [0.15, 0.2) is 0 Å². The Kier molecular flexibility index (Phi) is 32.7. The summed E-state index contributed by atoms with van der Waals surface area (Å²) < 4.78 is 33.4. The molecular formula is C28H61NO4S. The topological polar surface area (TPSA) is 64.6 Å². The number of unbranched alkanes of at least 4 members (excludes halogenated alkanes) is 20. The Labute approximate surface area is 214 Å². The van der Waals surface area contributed by atoms with Gasteiger partial charge in [-0.3, -0.25) is 0 Å². The SMILES string of the molecule is CCCCCCCCCCCCCCOS(=O)(=O)OCCCCCCCCCCCC.CNC. The van der Waals surface area contributed by atoms with E-state index < -0.39 is 10.4 Å². The quantitative estimate of drug-likeness (QED) is 0.119. The van der Waals surface area contributed by atoms with E-state index in [1.54, 1.807) is 0 Å². The minimum atomic E-state index is -3.81. The molecule has 0 atom stereocenters. The molecule has 6 heteroatoms. The average Bonchev–Trinajstić information content (AvgIpc) is 2.81. The van der Waals surface area contributed by atoms with E-state index in [0.717, 1.165) is 32.1 Å². The minimum Gasteiger partial charge on any atom is -0.323 e. The first-order valence-electron chi connectivity index (χ1n) is 14.7. The van der Waals surface area contributed by atoms with Crippen molar-refractivity contribution in [2.75, 3.05) is 27.3 Å². The van der Waals surface area contributed by atoms with E-state index >= 15 is 0 Å². The van der Waals surface area contributed by atoms with Gasteiger partial charge in [0.2, 0.25) is 0 Å². The van der Waals surface area contributed by atoms with Gasteiger partial charge in [0.15, 0.2) is 0 Å². The highest BCUT2D eigenvalue weighted by Crippen LogP contribution is 2.13. The van der Waals surface area contributed by atoms with E-state index in [9.17, 15) is 8.42 Å². The number of nitrogens with one attached hydrogen (secondary N) is 1. The van der Waals surface area contributed by atoms with Gasteiger partial charge < -0.3 is 5.32 Å². The van der Waals surface area contributed by atoms with Crippen molar-refractivity contribution in [2.45, 2.75) is 155 Å². The van der Waals surface area contributed by atoms with Gasteiger partial charge in [-0.2, -0.15) is 8.42 Å². The standard InChI is InChI=1S/C26H54O4S.C2H7N/c1-3-5-7-9-11-13-15-16-18-20-22-24-26-30-31(27,28)29-25-23-21-19-17-14-12-10-8-6-4-2;1-3-2/h3-26H2,1-2H3;3H,1-2H3. The molecule has 0 aliphatic carbocycles. The molecule has 0 aromatic heterocycles. The molecule has 0 aromatic rings. The van der Waals surface area contributed by atoms with Gasteiger partial charge in [-0.25, -0.2) is 8.37 Å². The first kappa shape index (κ1) is 36.0. The van der Waals surface area contributed by atoms with Crippen molar-refractivity contribution in [2.24, 2.45) is 0 Å². The molecule has 0 bridgehead atoms. The molecule has 0 aliphatic rings. The zero-order valence-corrected chi connectivity index (χ0v) is 24.3. The summed E-state index contributed by atoms with van der Waals surface area (Å²) in [6, 6.07) is 0. The lowest BCUT2D eigenvalue weighted by atomic mass is 10.1. The smallest absolute Gasteiger partial charge is 0.323 e. The Bertz CT molecular complexity index is 457. The van der Waals surface area contributed by atoms with Crippen LogP contribution in [0.4, 0.5) is 0 Å². The maximum atomic E-state index is 11.7. The summed E-state index contributed by atoms with van der Waals surface area (Å²) in [5.74, 6) is 0. The second-order valence-corrected chi connectivity index (χ2v) is 10.9. The second-order valence-electron chi connectivity index (χ2n) is 9.62. The Balaban J connectivity index is 0. The van der Waals surface area contributed by atoms with Crippen molar-refractivity contribution >= 4 is 10.4 Å². The van der Waals surface area contributed by atoms with Crippen LogP contribution in [0.5, 0.6) is 0 Å². The van der Waals surface area contributed by atoms with Gasteiger partial charge in [-0.05, 0) is 26.9 Å². The Morgan fingerprint density at radius 1 is 0.441 bits per heavy atom. The van der Waals surface area contributed by atoms with Crippen LogP contribution < -0.4 is 5.32 Å². The second kappa shape index (κ2) is 30.9. The predicted molar refractivity (Wildman–Crippen MR) is 149 cm³/mol. The molecular weight excluding hydrogens is 446 g/mol. The van der Waals surface area contributed by atoms with E-state index in [2.05, 4.69) is 19.2 Å². The maximum absolute atomic E-state index is 11.7. The lowest BCUT2D eigenvalue weighted by Crippen LogP contribution is -2.12. The molecule has 0 radical (unpaired) electrons. The van der Waals surface area contributed by atoms with Crippen molar-refractivity contribution in [3.8, 4) is 0 Å².